The maximum atomic E-state index is 13.9. The summed E-state index contributed by atoms with van der Waals surface area (Å²) in [5.74, 6) is -1.93. The van der Waals surface area contributed by atoms with Crippen molar-refractivity contribution in [2.45, 2.75) is 49.7 Å². The number of aliphatic hydroxyl groups excluding tert-OH is 1. The minimum Gasteiger partial charge on any atom is -0.434 e. The van der Waals surface area contributed by atoms with Crippen molar-refractivity contribution >= 4 is 34.5 Å². The highest BCUT2D eigenvalue weighted by Gasteiger charge is 2.44. The molecule has 3 aliphatic rings. The minimum atomic E-state index is -1.43. The van der Waals surface area contributed by atoms with Crippen molar-refractivity contribution in [3.8, 4) is 0 Å². The number of pyridine rings is 1. The van der Waals surface area contributed by atoms with Gasteiger partial charge in [0, 0.05) is 30.7 Å². The third kappa shape index (κ3) is 5.05. The molecule has 11 heteroatoms. The van der Waals surface area contributed by atoms with E-state index < -0.39 is 42.2 Å². The standard InChI is InChI=1S/C26H29N5O6/c1-30-13-16-7-3-5-9-18(28-24(34)22-17-8-4-2-6-15(17)10-11-27-22)25(35)31(16)20(14-30)23(33)29-19-12-21(32)37-26(19)36/h2-6,8,10-11,16,18-20,26,36H,7,9,12-14H2,1H3,(H,28,34)(H,29,33)/b5-3-/t16-,18-,19?,20-,26?/m0/s1. The smallest absolute Gasteiger partial charge is 0.310 e. The molecule has 5 rings (SSSR count). The van der Waals surface area contributed by atoms with E-state index in [1.54, 1.807) is 17.2 Å². The van der Waals surface area contributed by atoms with Gasteiger partial charge in [0.2, 0.25) is 18.1 Å². The van der Waals surface area contributed by atoms with E-state index in [0.29, 0.717) is 18.4 Å². The van der Waals surface area contributed by atoms with Crippen LogP contribution in [0, 0.1) is 0 Å². The van der Waals surface area contributed by atoms with Crippen molar-refractivity contribution in [3.63, 3.8) is 0 Å². The molecule has 2 unspecified atom stereocenters. The van der Waals surface area contributed by atoms with Crippen molar-refractivity contribution < 1.29 is 29.0 Å². The van der Waals surface area contributed by atoms with Crippen molar-refractivity contribution in [3.05, 3.63) is 54.4 Å². The Labute approximate surface area is 213 Å². The van der Waals surface area contributed by atoms with Crippen LogP contribution in [-0.2, 0) is 19.1 Å². The molecular weight excluding hydrogens is 478 g/mol. The molecule has 0 aliphatic carbocycles. The van der Waals surface area contributed by atoms with E-state index in [9.17, 15) is 24.3 Å². The van der Waals surface area contributed by atoms with Crippen LogP contribution >= 0.6 is 0 Å². The van der Waals surface area contributed by atoms with Crippen molar-refractivity contribution in [2.75, 3.05) is 20.1 Å². The number of benzene rings is 1. The van der Waals surface area contributed by atoms with Crippen LogP contribution in [0.1, 0.15) is 29.8 Å². The Bertz CT molecular complexity index is 1260. The van der Waals surface area contributed by atoms with Gasteiger partial charge >= 0.3 is 5.97 Å². The van der Waals surface area contributed by atoms with E-state index in [-0.39, 0.29) is 37.0 Å². The molecule has 194 valence electrons. The lowest BCUT2D eigenvalue weighted by atomic mass is 9.97. The number of aliphatic hydroxyl groups is 1. The highest BCUT2D eigenvalue weighted by molar-refractivity contribution is 6.06. The van der Waals surface area contributed by atoms with Gasteiger partial charge in [-0.1, -0.05) is 36.4 Å². The predicted molar refractivity (Wildman–Crippen MR) is 132 cm³/mol. The number of nitrogens with zero attached hydrogens (tertiary/aromatic N) is 3. The van der Waals surface area contributed by atoms with Crippen LogP contribution in [0.15, 0.2) is 48.7 Å². The lowest BCUT2D eigenvalue weighted by Gasteiger charge is -2.46. The van der Waals surface area contributed by atoms with Crippen LogP contribution < -0.4 is 10.6 Å². The SMILES string of the molecule is CN1C[C@@H]2C/C=C\C[C@H](NC(=O)c3nccc4ccccc34)C(=O)N2[C@H](C(=O)NC2CC(=O)OC2O)C1. The molecule has 0 spiro atoms. The summed E-state index contributed by atoms with van der Waals surface area (Å²) in [4.78, 5) is 59.7. The van der Waals surface area contributed by atoms with E-state index in [2.05, 4.69) is 15.6 Å². The van der Waals surface area contributed by atoms with Crippen LogP contribution in [0.2, 0.25) is 0 Å². The average molecular weight is 508 g/mol. The molecule has 3 N–H and O–H groups in total. The first-order valence-corrected chi connectivity index (χ1v) is 12.3. The fraction of sp³-hybridized carbons (Fsp3) is 0.423. The Hall–Kier alpha value is -3.83. The summed E-state index contributed by atoms with van der Waals surface area (Å²) >= 11 is 0. The van der Waals surface area contributed by atoms with Gasteiger partial charge in [0.05, 0.1) is 6.42 Å². The second kappa shape index (κ2) is 10.3. The number of nitrogens with one attached hydrogen (secondary N) is 2. The number of carbonyl (C=O) groups is 4. The van der Waals surface area contributed by atoms with E-state index in [0.717, 1.165) is 5.39 Å². The van der Waals surface area contributed by atoms with Crippen LogP contribution in [0.25, 0.3) is 10.8 Å². The summed E-state index contributed by atoms with van der Waals surface area (Å²) in [5, 5.41) is 17.0. The number of fused-ring (bicyclic) bond motifs is 2. The summed E-state index contributed by atoms with van der Waals surface area (Å²) in [6.07, 6.45) is 4.64. The molecule has 0 bridgehead atoms. The van der Waals surface area contributed by atoms with Crippen LogP contribution in [0.5, 0.6) is 0 Å². The second-order valence-electron chi connectivity index (χ2n) is 9.69. The topological polar surface area (TPSA) is 141 Å². The summed E-state index contributed by atoms with van der Waals surface area (Å²) in [7, 11) is 1.87. The van der Waals surface area contributed by atoms with Crippen molar-refractivity contribution in [1.29, 1.82) is 0 Å². The number of hydrogen-bond donors (Lipinski definition) is 3. The van der Waals surface area contributed by atoms with Crippen LogP contribution in [-0.4, -0.2) is 94.2 Å². The highest BCUT2D eigenvalue weighted by Crippen LogP contribution is 2.24. The van der Waals surface area contributed by atoms with Crippen molar-refractivity contribution in [2.24, 2.45) is 0 Å². The number of esters is 1. The number of aromatic nitrogens is 1. The molecule has 2 aromatic rings. The zero-order valence-corrected chi connectivity index (χ0v) is 20.4. The maximum absolute atomic E-state index is 13.9. The van der Waals surface area contributed by atoms with E-state index in [4.69, 9.17) is 4.74 Å². The number of likely N-dealkylation sites (N-methyl/N-ethyl adjacent to an activating group) is 1. The highest BCUT2D eigenvalue weighted by atomic mass is 16.6. The monoisotopic (exact) mass is 507 g/mol. The number of ether oxygens (including phenoxy) is 1. The molecule has 2 fully saturated rings. The molecule has 11 nitrogen and oxygen atoms in total. The summed E-state index contributed by atoms with van der Waals surface area (Å²) in [6, 6.07) is 6.25. The minimum absolute atomic E-state index is 0.147. The fourth-order valence-electron chi connectivity index (χ4n) is 5.25. The first-order valence-electron chi connectivity index (χ1n) is 12.3. The third-order valence-corrected chi connectivity index (χ3v) is 7.04. The van der Waals surface area contributed by atoms with Gasteiger partial charge < -0.3 is 30.3 Å². The summed E-state index contributed by atoms with van der Waals surface area (Å²) in [5.41, 5.74) is 0.223. The van der Waals surface area contributed by atoms with Gasteiger partial charge in [0.1, 0.15) is 23.8 Å². The van der Waals surface area contributed by atoms with Gasteiger partial charge in [0.15, 0.2) is 0 Å². The third-order valence-electron chi connectivity index (χ3n) is 7.04. The Balaban J connectivity index is 1.39. The quantitative estimate of drug-likeness (QED) is 0.386. The van der Waals surface area contributed by atoms with Gasteiger partial charge in [0.25, 0.3) is 5.91 Å². The largest absolute Gasteiger partial charge is 0.434 e. The Kier molecular flexibility index (Phi) is 6.90. The van der Waals surface area contributed by atoms with E-state index in [1.807, 2.05) is 48.4 Å². The molecule has 3 amide bonds. The van der Waals surface area contributed by atoms with Crippen LogP contribution in [0.3, 0.4) is 0 Å². The van der Waals surface area contributed by atoms with Gasteiger partial charge in [-0.15, -0.1) is 0 Å². The molecule has 4 heterocycles. The molecule has 0 radical (unpaired) electrons. The van der Waals surface area contributed by atoms with E-state index in [1.165, 1.54) is 0 Å². The second-order valence-corrected chi connectivity index (χ2v) is 9.69. The molecule has 0 saturated carbocycles. The Morgan fingerprint density at radius 1 is 1.08 bits per heavy atom. The van der Waals surface area contributed by atoms with Gasteiger partial charge in [-0.05, 0) is 31.3 Å². The molecule has 37 heavy (non-hydrogen) atoms. The number of amides is 3. The number of rotatable bonds is 4. The lowest BCUT2D eigenvalue weighted by molar-refractivity contribution is -0.156. The predicted octanol–water partition coefficient (Wildman–Crippen LogP) is -0.0555. The molecule has 1 aromatic carbocycles. The van der Waals surface area contributed by atoms with Crippen LogP contribution in [0.4, 0.5) is 0 Å². The first kappa shape index (κ1) is 24.8. The molecule has 1 aromatic heterocycles. The number of cyclic esters (lactones) is 1. The molecule has 5 atom stereocenters. The maximum Gasteiger partial charge on any atom is 0.310 e. The Morgan fingerprint density at radius 3 is 2.65 bits per heavy atom. The molecular formula is C26H29N5O6. The molecule has 3 aliphatic heterocycles. The molecule has 2 saturated heterocycles. The summed E-state index contributed by atoms with van der Waals surface area (Å²) < 4.78 is 4.73. The first-order chi connectivity index (χ1) is 17.8. The zero-order chi connectivity index (χ0) is 26.1. The number of piperazine rings is 1. The van der Waals surface area contributed by atoms with Crippen molar-refractivity contribution in [1.82, 2.24) is 25.4 Å². The number of hydrogen-bond acceptors (Lipinski definition) is 8. The normalized spacial score (nSPS) is 29.1. The Morgan fingerprint density at radius 2 is 1.86 bits per heavy atom. The number of carbonyl (C=O) groups excluding carboxylic acids is 4. The average Bonchev–Trinajstić information content (AvgIpc) is 3.19. The van der Waals surface area contributed by atoms with E-state index >= 15 is 0 Å². The lowest BCUT2D eigenvalue weighted by Crippen LogP contribution is -2.67. The fourth-order valence-corrected chi connectivity index (χ4v) is 5.25. The summed E-state index contributed by atoms with van der Waals surface area (Å²) in [6.45, 7) is 0.819. The zero-order valence-electron chi connectivity index (χ0n) is 20.4. The van der Waals surface area contributed by atoms with Gasteiger partial charge in [-0.2, -0.15) is 0 Å². The van der Waals surface area contributed by atoms with Gasteiger partial charge in [-0.3, -0.25) is 24.2 Å². The van der Waals surface area contributed by atoms with Gasteiger partial charge in [-0.25, -0.2) is 0 Å².